The van der Waals surface area contributed by atoms with Gasteiger partial charge in [-0.3, -0.25) is 14.5 Å². The summed E-state index contributed by atoms with van der Waals surface area (Å²) in [6.07, 6.45) is 2.45. The summed E-state index contributed by atoms with van der Waals surface area (Å²) >= 11 is 4.55. The van der Waals surface area contributed by atoms with Crippen LogP contribution in [0, 0.1) is 0 Å². The molecule has 0 N–H and O–H groups in total. The van der Waals surface area contributed by atoms with E-state index in [1.807, 2.05) is 44.2 Å². The summed E-state index contributed by atoms with van der Waals surface area (Å²) in [6.45, 7) is 5.14. The van der Waals surface area contributed by atoms with E-state index < -0.39 is 0 Å². The molecule has 5 nitrogen and oxygen atoms in total. The van der Waals surface area contributed by atoms with Gasteiger partial charge >= 0.3 is 0 Å². The lowest BCUT2D eigenvalue weighted by Crippen LogP contribution is -2.28. The number of imide groups is 1. The summed E-state index contributed by atoms with van der Waals surface area (Å²) in [7, 11) is 0. The second kappa shape index (κ2) is 10.4. The van der Waals surface area contributed by atoms with Crippen LogP contribution in [0.2, 0.25) is 0 Å². The van der Waals surface area contributed by atoms with Crippen LogP contribution in [-0.4, -0.2) is 29.2 Å². The first kappa shape index (κ1) is 23.4. The summed E-state index contributed by atoms with van der Waals surface area (Å²) < 4.78 is 12.8. The van der Waals surface area contributed by atoms with Crippen LogP contribution in [0.1, 0.15) is 31.4 Å². The zero-order chi connectivity index (χ0) is 23.4. The minimum absolute atomic E-state index is 0.232. The number of nitrogens with zero attached hydrogens (tertiary/aromatic N) is 1. The summed E-state index contributed by atoms with van der Waals surface area (Å²) in [5.74, 6) is 0.931. The number of fused-ring (bicyclic) bond motifs is 1. The highest BCUT2D eigenvalue weighted by Crippen LogP contribution is 2.38. The van der Waals surface area contributed by atoms with Gasteiger partial charge < -0.3 is 9.47 Å². The first-order chi connectivity index (χ1) is 16.0. The van der Waals surface area contributed by atoms with Crippen molar-refractivity contribution in [2.75, 3.05) is 13.2 Å². The van der Waals surface area contributed by atoms with Gasteiger partial charge in [-0.2, -0.15) is 0 Å². The fourth-order valence-corrected chi connectivity index (χ4v) is 4.97. The Morgan fingerprint density at radius 3 is 2.55 bits per heavy atom. The van der Waals surface area contributed by atoms with Crippen LogP contribution >= 0.6 is 27.7 Å². The third kappa shape index (κ3) is 5.09. The predicted octanol–water partition coefficient (Wildman–Crippen LogP) is 7.03. The molecular formula is C26H24BrNO4S. The molecule has 1 saturated heterocycles. The standard InChI is InChI=1S/C26H24BrNO4S/c1-3-12-28-25(29)24(33-26(28)30)14-19-13-22(31-4-2)23(15-21(19)27)32-16-18-10-7-9-17-8-5-6-11-20(17)18/h5-11,13-15H,3-4,12,16H2,1-2H3/b24-14+. The third-order valence-electron chi connectivity index (χ3n) is 5.23. The molecule has 0 bridgehead atoms. The molecule has 1 aliphatic rings. The molecule has 1 heterocycles. The average molecular weight is 526 g/mol. The lowest BCUT2D eigenvalue weighted by atomic mass is 10.1. The topological polar surface area (TPSA) is 55.8 Å². The van der Waals surface area contributed by atoms with Gasteiger partial charge in [0, 0.05) is 11.0 Å². The molecule has 0 saturated carbocycles. The van der Waals surface area contributed by atoms with Gasteiger partial charge in [0.05, 0.1) is 11.5 Å². The first-order valence-corrected chi connectivity index (χ1v) is 12.4. The summed E-state index contributed by atoms with van der Waals surface area (Å²) in [4.78, 5) is 26.5. The van der Waals surface area contributed by atoms with Gasteiger partial charge in [-0.05, 0) is 65.2 Å². The molecular weight excluding hydrogens is 502 g/mol. The van der Waals surface area contributed by atoms with Crippen molar-refractivity contribution in [3.8, 4) is 11.5 Å². The van der Waals surface area contributed by atoms with E-state index in [2.05, 4.69) is 40.2 Å². The van der Waals surface area contributed by atoms with Crippen molar-refractivity contribution in [3.05, 3.63) is 75.1 Å². The Morgan fingerprint density at radius 1 is 1.00 bits per heavy atom. The Bertz CT molecular complexity index is 1230. The molecule has 0 unspecified atom stereocenters. The monoisotopic (exact) mass is 525 g/mol. The maximum absolute atomic E-state index is 12.6. The van der Waals surface area contributed by atoms with Crippen LogP contribution in [0.4, 0.5) is 4.79 Å². The maximum Gasteiger partial charge on any atom is 0.293 e. The molecule has 3 aromatic rings. The average Bonchev–Trinajstić information content (AvgIpc) is 3.08. The lowest BCUT2D eigenvalue weighted by Gasteiger charge is -2.15. The second-order valence-corrected chi connectivity index (χ2v) is 9.36. The molecule has 2 amide bonds. The number of ether oxygens (including phenoxy) is 2. The number of hydrogen-bond acceptors (Lipinski definition) is 5. The number of hydrogen-bond donors (Lipinski definition) is 0. The number of carbonyl (C=O) groups excluding carboxylic acids is 2. The van der Waals surface area contributed by atoms with Crippen LogP contribution in [0.25, 0.3) is 16.8 Å². The molecule has 7 heteroatoms. The molecule has 0 atom stereocenters. The van der Waals surface area contributed by atoms with Crippen molar-refractivity contribution in [2.24, 2.45) is 0 Å². The highest BCUT2D eigenvalue weighted by molar-refractivity contribution is 9.10. The van der Waals surface area contributed by atoms with Crippen LogP contribution < -0.4 is 9.47 Å². The highest BCUT2D eigenvalue weighted by atomic mass is 79.9. The van der Waals surface area contributed by atoms with Gasteiger partial charge in [-0.15, -0.1) is 0 Å². The molecule has 0 aliphatic carbocycles. The largest absolute Gasteiger partial charge is 0.490 e. The second-order valence-electron chi connectivity index (χ2n) is 7.51. The van der Waals surface area contributed by atoms with E-state index >= 15 is 0 Å². The molecule has 0 spiro atoms. The number of benzene rings is 3. The Morgan fingerprint density at radius 2 is 1.76 bits per heavy atom. The predicted molar refractivity (Wildman–Crippen MR) is 137 cm³/mol. The molecule has 0 aromatic heterocycles. The van der Waals surface area contributed by atoms with Crippen LogP contribution in [-0.2, 0) is 11.4 Å². The van der Waals surface area contributed by atoms with E-state index in [1.54, 1.807) is 6.08 Å². The summed E-state index contributed by atoms with van der Waals surface area (Å²) in [5.41, 5.74) is 1.83. The van der Waals surface area contributed by atoms with Crippen LogP contribution in [0.15, 0.2) is 64.0 Å². The molecule has 170 valence electrons. The zero-order valence-electron chi connectivity index (χ0n) is 18.5. The van der Waals surface area contributed by atoms with Crippen molar-refractivity contribution in [1.29, 1.82) is 0 Å². The molecule has 0 radical (unpaired) electrons. The SMILES string of the molecule is CCCN1C(=O)S/C(=C/c2cc(OCC)c(OCc3cccc4ccccc34)cc2Br)C1=O. The number of thioether (sulfide) groups is 1. The van der Waals surface area contributed by atoms with Crippen LogP contribution in [0.5, 0.6) is 11.5 Å². The minimum Gasteiger partial charge on any atom is -0.490 e. The van der Waals surface area contributed by atoms with E-state index in [4.69, 9.17) is 9.47 Å². The van der Waals surface area contributed by atoms with E-state index in [0.717, 1.165) is 44.6 Å². The van der Waals surface area contributed by atoms with Crippen molar-refractivity contribution in [2.45, 2.75) is 26.9 Å². The molecule has 4 rings (SSSR count). The number of halogens is 1. The fraction of sp³-hybridized carbons (Fsp3) is 0.231. The van der Waals surface area contributed by atoms with Gasteiger partial charge in [-0.25, -0.2) is 0 Å². The third-order valence-corrected chi connectivity index (χ3v) is 6.83. The van der Waals surface area contributed by atoms with Gasteiger partial charge in [0.15, 0.2) is 11.5 Å². The fourth-order valence-electron chi connectivity index (χ4n) is 3.67. The van der Waals surface area contributed by atoms with Crippen molar-refractivity contribution in [1.82, 2.24) is 4.90 Å². The maximum atomic E-state index is 12.6. The quantitative estimate of drug-likeness (QED) is 0.295. The van der Waals surface area contributed by atoms with Crippen LogP contribution in [0.3, 0.4) is 0 Å². The minimum atomic E-state index is -0.256. The summed E-state index contributed by atoms with van der Waals surface area (Å²) in [5, 5.41) is 2.08. The number of amides is 2. The zero-order valence-corrected chi connectivity index (χ0v) is 20.9. The lowest BCUT2D eigenvalue weighted by molar-refractivity contribution is -0.122. The van der Waals surface area contributed by atoms with E-state index in [9.17, 15) is 9.59 Å². The van der Waals surface area contributed by atoms with Gasteiger partial charge in [0.2, 0.25) is 0 Å². The van der Waals surface area contributed by atoms with Crippen molar-refractivity contribution in [3.63, 3.8) is 0 Å². The molecule has 3 aromatic carbocycles. The molecule has 33 heavy (non-hydrogen) atoms. The normalized spacial score (nSPS) is 15.0. The smallest absolute Gasteiger partial charge is 0.293 e. The summed E-state index contributed by atoms with van der Waals surface area (Å²) in [6, 6.07) is 18.0. The van der Waals surface area contributed by atoms with E-state index in [1.165, 1.54) is 4.90 Å². The van der Waals surface area contributed by atoms with Gasteiger partial charge in [0.1, 0.15) is 6.61 Å². The number of rotatable bonds is 8. The Kier molecular flexibility index (Phi) is 7.40. The Hall–Kier alpha value is -2.77. The van der Waals surface area contributed by atoms with Gasteiger partial charge in [-0.1, -0.05) is 65.3 Å². The van der Waals surface area contributed by atoms with E-state index in [-0.39, 0.29) is 11.1 Å². The van der Waals surface area contributed by atoms with Crippen molar-refractivity contribution < 1.29 is 19.1 Å². The van der Waals surface area contributed by atoms with E-state index in [0.29, 0.717) is 36.2 Å². The molecule has 1 aliphatic heterocycles. The first-order valence-electron chi connectivity index (χ1n) is 10.8. The molecule has 1 fully saturated rings. The Balaban J connectivity index is 1.61. The highest BCUT2D eigenvalue weighted by Gasteiger charge is 2.34. The van der Waals surface area contributed by atoms with Gasteiger partial charge in [0.25, 0.3) is 11.1 Å². The van der Waals surface area contributed by atoms with Crippen molar-refractivity contribution >= 4 is 55.7 Å². The number of carbonyl (C=O) groups is 2. The Labute approximate surface area is 205 Å².